The van der Waals surface area contributed by atoms with Crippen LogP contribution in [0.15, 0.2) is 24.5 Å². The topological polar surface area (TPSA) is 56.6 Å². The molecule has 1 aliphatic heterocycles. The van der Waals surface area contributed by atoms with E-state index in [1.807, 2.05) is 0 Å². The van der Waals surface area contributed by atoms with Crippen molar-refractivity contribution in [1.82, 2.24) is 14.5 Å². The fraction of sp³-hybridized carbons (Fsp3) is 0.333. The van der Waals surface area contributed by atoms with E-state index in [-0.39, 0.29) is 23.0 Å². The van der Waals surface area contributed by atoms with E-state index in [1.165, 1.54) is 36.5 Å². The molecule has 0 radical (unpaired) electrons. The molecule has 3 rings (SSSR count). The Morgan fingerprint density at radius 2 is 2.17 bits per heavy atom. The van der Waals surface area contributed by atoms with Crippen LogP contribution < -0.4 is 9.47 Å². The molecule has 0 fully saturated rings. The quantitative estimate of drug-likeness (QED) is 0.844. The van der Waals surface area contributed by atoms with Gasteiger partial charge in [0.15, 0.2) is 11.5 Å². The predicted molar refractivity (Wildman–Crippen MR) is 81.7 cm³/mol. The first kappa shape index (κ1) is 16.5. The van der Waals surface area contributed by atoms with Crippen LogP contribution in [0.25, 0.3) is 0 Å². The summed E-state index contributed by atoms with van der Waals surface area (Å²) in [4.78, 5) is 17.7. The molecule has 0 N–H and O–H groups in total. The number of hydrogen-bond donors (Lipinski definition) is 0. The van der Waals surface area contributed by atoms with Gasteiger partial charge in [0.05, 0.1) is 11.6 Å². The number of aromatic nitrogens is 2. The van der Waals surface area contributed by atoms with E-state index in [1.54, 1.807) is 0 Å². The fourth-order valence-electron chi connectivity index (χ4n) is 2.38. The normalized spacial score (nSPS) is 13.2. The molecule has 0 aliphatic carbocycles. The Kier molecular flexibility index (Phi) is 4.57. The summed E-state index contributed by atoms with van der Waals surface area (Å²) < 4.78 is 37.2. The smallest absolute Gasteiger partial charge is 0.319 e. The standard InChI is InChI=1S/C15H14ClF2N3O3/c1-20(8-12-19-2-3-21(12)15(17)18)14(22)9-6-10(16)13-11(7-9)23-4-5-24-13/h2-3,6-7,15H,4-5,8H2,1H3. The molecule has 0 saturated heterocycles. The molecule has 0 atom stereocenters. The molecule has 128 valence electrons. The molecule has 1 aliphatic rings. The lowest BCUT2D eigenvalue weighted by molar-refractivity contribution is 0.0612. The molecule has 9 heteroatoms. The average molecular weight is 358 g/mol. The Hall–Kier alpha value is -2.35. The number of amides is 1. The number of ether oxygens (including phenoxy) is 2. The second-order valence-corrected chi connectivity index (χ2v) is 5.58. The first-order valence-corrected chi connectivity index (χ1v) is 7.49. The Labute approximate surface area is 141 Å². The average Bonchev–Trinajstić information content (AvgIpc) is 3.02. The second-order valence-electron chi connectivity index (χ2n) is 5.17. The van der Waals surface area contributed by atoms with Crippen LogP contribution in [0.3, 0.4) is 0 Å². The number of fused-ring (bicyclic) bond motifs is 1. The van der Waals surface area contributed by atoms with Gasteiger partial charge in [0.2, 0.25) is 0 Å². The van der Waals surface area contributed by atoms with Gasteiger partial charge in [0.25, 0.3) is 5.91 Å². The van der Waals surface area contributed by atoms with E-state index in [2.05, 4.69) is 4.98 Å². The van der Waals surface area contributed by atoms with Crippen LogP contribution in [0.1, 0.15) is 22.7 Å². The van der Waals surface area contributed by atoms with Crippen molar-refractivity contribution >= 4 is 17.5 Å². The molecule has 0 saturated carbocycles. The summed E-state index contributed by atoms with van der Waals surface area (Å²) in [5, 5.41) is 0.262. The van der Waals surface area contributed by atoms with Gasteiger partial charge in [-0.1, -0.05) is 11.6 Å². The molecular formula is C15H14ClF2N3O3. The third-order valence-electron chi connectivity index (χ3n) is 3.53. The largest absolute Gasteiger partial charge is 0.486 e. The summed E-state index contributed by atoms with van der Waals surface area (Å²) in [6.07, 6.45) is 2.43. The van der Waals surface area contributed by atoms with E-state index in [0.717, 1.165) is 0 Å². The van der Waals surface area contributed by atoms with Gasteiger partial charge in [0.1, 0.15) is 19.0 Å². The van der Waals surface area contributed by atoms with E-state index < -0.39 is 12.5 Å². The van der Waals surface area contributed by atoms with Gasteiger partial charge in [-0.15, -0.1) is 0 Å². The number of alkyl halides is 2. The molecule has 1 aromatic heterocycles. The van der Waals surface area contributed by atoms with Crippen LogP contribution in [0.2, 0.25) is 5.02 Å². The summed E-state index contributed by atoms with van der Waals surface area (Å²) in [6, 6.07) is 2.99. The number of nitrogens with zero attached hydrogens (tertiary/aromatic N) is 3. The first-order valence-electron chi connectivity index (χ1n) is 7.12. The highest BCUT2D eigenvalue weighted by atomic mass is 35.5. The molecule has 2 heterocycles. The third-order valence-corrected chi connectivity index (χ3v) is 3.81. The first-order chi connectivity index (χ1) is 11.5. The van der Waals surface area contributed by atoms with Crippen molar-refractivity contribution in [3.63, 3.8) is 0 Å². The van der Waals surface area contributed by atoms with Gasteiger partial charge < -0.3 is 14.4 Å². The number of hydrogen-bond acceptors (Lipinski definition) is 4. The van der Waals surface area contributed by atoms with Crippen LogP contribution in [-0.4, -0.2) is 40.6 Å². The molecule has 0 bridgehead atoms. The highest BCUT2D eigenvalue weighted by Gasteiger charge is 2.22. The molecular weight excluding hydrogens is 344 g/mol. The zero-order chi connectivity index (χ0) is 17.3. The van der Waals surface area contributed by atoms with Crippen LogP contribution in [0.4, 0.5) is 8.78 Å². The van der Waals surface area contributed by atoms with Gasteiger partial charge >= 0.3 is 6.55 Å². The Morgan fingerprint density at radius 1 is 1.42 bits per heavy atom. The third kappa shape index (κ3) is 3.14. The number of rotatable bonds is 4. The molecule has 2 aromatic rings. The summed E-state index contributed by atoms with van der Waals surface area (Å²) in [5.41, 5.74) is 0.280. The SMILES string of the molecule is CN(Cc1nccn1C(F)F)C(=O)c1cc(Cl)c2c(c1)OCCO2. The van der Waals surface area contributed by atoms with Crippen LogP contribution in [-0.2, 0) is 6.54 Å². The maximum absolute atomic E-state index is 12.8. The molecule has 1 aromatic carbocycles. The number of carbonyl (C=O) groups excluding carboxylic acids is 1. The predicted octanol–water partition coefficient (Wildman–Crippen LogP) is 2.98. The molecule has 1 amide bonds. The second kappa shape index (κ2) is 6.64. The lowest BCUT2D eigenvalue weighted by atomic mass is 10.1. The van der Waals surface area contributed by atoms with Crippen molar-refractivity contribution in [3.05, 3.63) is 40.9 Å². The maximum Gasteiger partial charge on any atom is 0.319 e. The summed E-state index contributed by atoms with van der Waals surface area (Å²) in [6.45, 7) is -2.03. The minimum absolute atomic E-state index is 0.0672. The molecule has 24 heavy (non-hydrogen) atoms. The summed E-state index contributed by atoms with van der Waals surface area (Å²) >= 11 is 6.11. The maximum atomic E-state index is 12.8. The monoisotopic (exact) mass is 357 g/mol. The highest BCUT2D eigenvalue weighted by Crippen LogP contribution is 2.38. The van der Waals surface area contributed by atoms with Gasteiger partial charge in [-0.25, -0.2) is 4.98 Å². The zero-order valence-corrected chi connectivity index (χ0v) is 13.5. The van der Waals surface area contributed by atoms with Crippen molar-refractivity contribution in [2.75, 3.05) is 20.3 Å². The molecule has 0 spiro atoms. The summed E-state index contributed by atoms with van der Waals surface area (Å²) in [5.74, 6) is 0.483. The number of carbonyl (C=O) groups is 1. The zero-order valence-electron chi connectivity index (χ0n) is 12.7. The number of imidazole rings is 1. The Bertz CT molecular complexity index is 766. The van der Waals surface area contributed by atoms with Gasteiger partial charge in [-0.3, -0.25) is 9.36 Å². The van der Waals surface area contributed by atoms with E-state index in [0.29, 0.717) is 29.3 Å². The van der Waals surface area contributed by atoms with Crippen LogP contribution >= 0.6 is 11.6 Å². The molecule has 0 unspecified atom stereocenters. The van der Waals surface area contributed by atoms with Gasteiger partial charge in [-0.2, -0.15) is 8.78 Å². The number of benzene rings is 1. The van der Waals surface area contributed by atoms with Crippen molar-refractivity contribution < 1.29 is 23.0 Å². The van der Waals surface area contributed by atoms with E-state index in [9.17, 15) is 13.6 Å². The fourth-order valence-corrected chi connectivity index (χ4v) is 2.65. The van der Waals surface area contributed by atoms with Crippen molar-refractivity contribution in [3.8, 4) is 11.5 Å². The van der Waals surface area contributed by atoms with E-state index in [4.69, 9.17) is 21.1 Å². The minimum atomic E-state index is -2.71. The van der Waals surface area contributed by atoms with Gasteiger partial charge in [0, 0.05) is 25.0 Å². The van der Waals surface area contributed by atoms with E-state index >= 15 is 0 Å². The van der Waals surface area contributed by atoms with Crippen molar-refractivity contribution in [1.29, 1.82) is 0 Å². The Morgan fingerprint density at radius 3 is 2.92 bits per heavy atom. The van der Waals surface area contributed by atoms with Crippen LogP contribution in [0.5, 0.6) is 11.5 Å². The summed E-state index contributed by atoms with van der Waals surface area (Å²) in [7, 11) is 1.50. The molecule has 6 nitrogen and oxygen atoms in total. The van der Waals surface area contributed by atoms with Crippen molar-refractivity contribution in [2.45, 2.75) is 13.1 Å². The highest BCUT2D eigenvalue weighted by molar-refractivity contribution is 6.32. The van der Waals surface area contributed by atoms with Crippen molar-refractivity contribution in [2.24, 2.45) is 0 Å². The number of halogens is 3. The lowest BCUT2D eigenvalue weighted by Crippen LogP contribution is -2.28. The van der Waals surface area contributed by atoms with Crippen LogP contribution in [0, 0.1) is 0 Å². The Balaban J connectivity index is 1.81. The lowest BCUT2D eigenvalue weighted by Gasteiger charge is -2.22. The minimum Gasteiger partial charge on any atom is -0.486 e. The van der Waals surface area contributed by atoms with Gasteiger partial charge in [-0.05, 0) is 12.1 Å².